The topological polar surface area (TPSA) is 38.8 Å². The number of carbonyl (C=O) groups excluding carboxylic acids is 1. The minimum Gasteiger partial charge on any atom is -0.496 e. The highest BCUT2D eigenvalue weighted by Gasteiger charge is 2.67. The maximum atomic E-state index is 13.0. The Balaban J connectivity index is 1.49. The number of fused-ring (bicyclic) bond motifs is 1. The summed E-state index contributed by atoms with van der Waals surface area (Å²) in [7, 11) is 1.76. The van der Waals surface area contributed by atoms with E-state index in [2.05, 4.69) is 53.4 Å². The summed E-state index contributed by atoms with van der Waals surface area (Å²) < 4.78 is 13.0. The number of piperidine rings is 1. The molecule has 1 saturated heterocycles. The number of likely N-dealkylation sites (tertiary alicyclic amines) is 1. The van der Waals surface area contributed by atoms with Gasteiger partial charge in [-0.05, 0) is 61.8 Å². The van der Waals surface area contributed by atoms with Crippen LogP contribution in [0.2, 0.25) is 0 Å². The van der Waals surface area contributed by atoms with E-state index >= 15 is 0 Å². The van der Waals surface area contributed by atoms with Crippen molar-refractivity contribution in [2.75, 3.05) is 20.2 Å². The number of hydrogen-bond acceptors (Lipinski definition) is 4. The lowest BCUT2D eigenvalue weighted by molar-refractivity contribution is -0.206. The number of ether oxygens (including phenoxy) is 2. The van der Waals surface area contributed by atoms with Crippen LogP contribution in [0.5, 0.6) is 5.75 Å². The highest BCUT2D eigenvalue weighted by atomic mass is 16.5. The number of nitrogens with zero attached hydrogens (tertiary/aromatic N) is 1. The van der Waals surface area contributed by atoms with Crippen LogP contribution in [0.3, 0.4) is 0 Å². The molecule has 1 aliphatic heterocycles. The lowest BCUT2D eigenvalue weighted by atomic mass is 9.49. The van der Waals surface area contributed by atoms with Crippen LogP contribution < -0.4 is 4.74 Å². The van der Waals surface area contributed by atoms with Gasteiger partial charge in [0, 0.05) is 36.4 Å². The standard InChI is InChI=1S/C28H33NO3/c1-31-24-9-5-8-22-16-25-28(32-19-21-6-3-2-4-7-21)13-12-23(30)17-27(28,26(22)24)14-15-29(25)18-20-10-11-20/h2-9,20,25H,10-19H2,1H3/t25-,27-,28+/m0/s1. The van der Waals surface area contributed by atoms with Crippen molar-refractivity contribution in [3.63, 3.8) is 0 Å². The van der Waals surface area contributed by atoms with Crippen molar-refractivity contribution in [2.45, 2.75) is 68.6 Å². The number of hydrogen-bond donors (Lipinski definition) is 0. The monoisotopic (exact) mass is 431 g/mol. The molecule has 4 aliphatic rings. The molecule has 0 radical (unpaired) electrons. The summed E-state index contributed by atoms with van der Waals surface area (Å²) in [6.07, 6.45) is 6.65. The summed E-state index contributed by atoms with van der Waals surface area (Å²) in [5, 5.41) is 0. The van der Waals surface area contributed by atoms with E-state index in [0.717, 1.165) is 37.5 Å². The first-order chi connectivity index (χ1) is 15.6. The van der Waals surface area contributed by atoms with Crippen LogP contribution in [-0.4, -0.2) is 42.5 Å². The molecule has 4 heteroatoms. The number of rotatable bonds is 6. The molecule has 4 nitrogen and oxygen atoms in total. The highest BCUT2D eigenvalue weighted by molar-refractivity contribution is 5.83. The van der Waals surface area contributed by atoms with Crippen molar-refractivity contribution >= 4 is 5.78 Å². The number of carbonyl (C=O) groups is 1. The summed E-state index contributed by atoms with van der Waals surface area (Å²) in [4.78, 5) is 15.7. The first-order valence-corrected chi connectivity index (χ1v) is 12.3. The molecule has 0 N–H and O–H groups in total. The lowest BCUT2D eigenvalue weighted by Crippen LogP contribution is -2.74. The Morgan fingerprint density at radius 2 is 1.91 bits per heavy atom. The van der Waals surface area contributed by atoms with Gasteiger partial charge in [-0.15, -0.1) is 0 Å². The predicted molar refractivity (Wildman–Crippen MR) is 124 cm³/mol. The van der Waals surface area contributed by atoms with E-state index < -0.39 is 0 Å². The molecule has 3 atom stereocenters. The van der Waals surface area contributed by atoms with Gasteiger partial charge in [0.2, 0.25) is 0 Å². The molecular weight excluding hydrogens is 398 g/mol. The molecular formula is C28H33NO3. The molecule has 2 aromatic rings. The SMILES string of the molecule is COc1cccc2c1[C@@]13CCN(CC4CC4)[C@@H](C2)[C@]1(OCc1ccccc1)CCC(=O)C3. The third-order valence-electron chi connectivity index (χ3n) is 8.64. The van der Waals surface area contributed by atoms with E-state index in [4.69, 9.17) is 9.47 Å². The van der Waals surface area contributed by atoms with Crippen LogP contribution in [0, 0.1) is 5.92 Å². The minimum absolute atomic E-state index is 0.304. The molecule has 3 fully saturated rings. The molecule has 0 aromatic heterocycles. The molecule has 6 rings (SSSR count). The molecule has 1 heterocycles. The summed E-state index contributed by atoms with van der Waals surface area (Å²) in [6.45, 7) is 2.81. The van der Waals surface area contributed by atoms with E-state index in [0.29, 0.717) is 31.3 Å². The molecule has 32 heavy (non-hydrogen) atoms. The molecule has 2 bridgehead atoms. The normalized spacial score (nSPS) is 31.7. The molecule has 0 amide bonds. The van der Waals surface area contributed by atoms with Gasteiger partial charge in [-0.2, -0.15) is 0 Å². The lowest BCUT2D eigenvalue weighted by Gasteiger charge is -2.65. The van der Waals surface area contributed by atoms with Crippen LogP contribution in [-0.2, 0) is 28.0 Å². The van der Waals surface area contributed by atoms with Gasteiger partial charge >= 0.3 is 0 Å². The van der Waals surface area contributed by atoms with Gasteiger partial charge in [-0.1, -0.05) is 42.5 Å². The fraction of sp³-hybridized carbons (Fsp3) is 0.536. The zero-order chi connectivity index (χ0) is 21.8. The Hall–Kier alpha value is -2.17. The van der Waals surface area contributed by atoms with Crippen LogP contribution >= 0.6 is 0 Å². The first kappa shape index (κ1) is 20.4. The summed E-state index contributed by atoms with van der Waals surface area (Å²) in [5.41, 5.74) is 3.15. The smallest absolute Gasteiger partial charge is 0.134 e. The largest absolute Gasteiger partial charge is 0.496 e. The van der Waals surface area contributed by atoms with Crippen LogP contribution in [0.25, 0.3) is 0 Å². The third-order valence-corrected chi connectivity index (χ3v) is 8.64. The van der Waals surface area contributed by atoms with Crippen LogP contribution in [0.15, 0.2) is 48.5 Å². The average molecular weight is 432 g/mol. The van der Waals surface area contributed by atoms with Crippen molar-refractivity contribution < 1.29 is 14.3 Å². The zero-order valence-corrected chi connectivity index (χ0v) is 19.0. The first-order valence-electron chi connectivity index (χ1n) is 12.3. The van der Waals surface area contributed by atoms with E-state index in [9.17, 15) is 4.79 Å². The average Bonchev–Trinajstić information content (AvgIpc) is 3.64. The van der Waals surface area contributed by atoms with Crippen LogP contribution in [0.4, 0.5) is 0 Å². The van der Waals surface area contributed by atoms with Gasteiger partial charge in [0.25, 0.3) is 0 Å². The van der Waals surface area contributed by atoms with Gasteiger partial charge in [0.05, 0.1) is 19.3 Å². The Morgan fingerprint density at radius 3 is 2.69 bits per heavy atom. The predicted octanol–water partition coefficient (Wildman–Crippen LogP) is 4.68. The van der Waals surface area contributed by atoms with Crippen molar-refractivity contribution in [2.24, 2.45) is 5.92 Å². The zero-order valence-electron chi connectivity index (χ0n) is 19.0. The van der Waals surface area contributed by atoms with Gasteiger partial charge in [-0.3, -0.25) is 9.69 Å². The number of Topliss-reactive ketones (excluding diaryl/α,β-unsaturated/α-hetero) is 1. The Morgan fingerprint density at radius 1 is 1.06 bits per heavy atom. The van der Waals surface area contributed by atoms with Crippen molar-refractivity contribution in [3.05, 3.63) is 65.2 Å². The van der Waals surface area contributed by atoms with Gasteiger partial charge in [0.1, 0.15) is 11.5 Å². The number of benzene rings is 2. The molecule has 2 saturated carbocycles. The molecule has 0 spiro atoms. The highest BCUT2D eigenvalue weighted by Crippen LogP contribution is 2.61. The second-order valence-corrected chi connectivity index (χ2v) is 10.4. The van der Waals surface area contributed by atoms with Crippen molar-refractivity contribution in [3.8, 4) is 5.75 Å². The second kappa shape index (κ2) is 7.71. The van der Waals surface area contributed by atoms with Gasteiger partial charge in [-0.25, -0.2) is 0 Å². The Bertz CT molecular complexity index is 1020. The van der Waals surface area contributed by atoms with E-state index in [1.165, 1.54) is 36.1 Å². The van der Waals surface area contributed by atoms with E-state index in [1.54, 1.807) is 7.11 Å². The quantitative estimate of drug-likeness (QED) is 0.666. The van der Waals surface area contributed by atoms with E-state index in [-0.39, 0.29) is 11.0 Å². The molecule has 3 aliphatic carbocycles. The third kappa shape index (κ3) is 3.07. The fourth-order valence-corrected chi connectivity index (χ4v) is 7.04. The molecule has 0 unspecified atom stereocenters. The van der Waals surface area contributed by atoms with Crippen molar-refractivity contribution in [1.82, 2.24) is 4.90 Å². The Kier molecular flexibility index (Phi) is 4.92. The fourth-order valence-electron chi connectivity index (χ4n) is 7.04. The summed E-state index contributed by atoms with van der Waals surface area (Å²) >= 11 is 0. The minimum atomic E-state index is -0.356. The Labute approximate surface area is 190 Å². The second-order valence-electron chi connectivity index (χ2n) is 10.4. The molecule has 2 aromatic carbocycles. The van der Waals surface area contributed by atoms with Crippen LogP contribution in [0.1, 0.15) is 55.2 Å². The maximum absolute atomic E-state index is 13.0. The van der Waals surface area contributed by atoms with E-state index in [1.807, 2.05) is 0 Å². The summed E-state index contributed by atoms with van der Waals surface area (Å²) in [5.74, 6) is 2.14. The number of ketones is 1. The van der Waals surface area contributed by atoms with Gasteiger partial charge < -0.3 is 9.47 Å². The maximum Gasteiger partial charge on any atom is 0.134 e. The van der Waals surface area contributed by atoms with Crippen molar-refractivity contribution in [1.29, 1.82) is 0 Å². The van der Waals surface area contributed by atoms with Gasteiger partial charge in [0.15, 0.2) is 0 Å². The molecule has 168 valence electrons. The number of methoxy groups -OCH3 is 1. The summed E-state index contributed by atoms with van der Waals surface area (Å²) in [6, 6.07) is 17.3.